The largest absolute Gasteiger partial charge is 0.324 e. The van der Waals surface area contributed by atoms with E-state index in [2.05, 4.69) is 54.6 Å². The first-order valence-electron chi connectivity index (χ1n) is 6.99. The fourth-order valence-electron chi connectivity index (χ4n) is 2.89. The van der Waals surface area contributed by atoms with Gasteiger partial charge in [-0.3, -0.25) is 0 Å². The Morgan fingerprint density at radius 1 is 0.789 bits per heavy atom. The minimum Gasteiger partial charge on any atom is -0.324 e. The second kappa shape index (κ2) is 4.07. The van der Waals surface area contributed by atoms with Gasteiger partial charge in [-0.25, -0.2) is 0 Å². The van der Waals surface area contributed by atoms with Crippen LogP contribution in [0.1, 0.15) is 24.4 Å². The van der Waals surface area contributed by atoms with Crippen molar-refractivity contribution in [1.29, 1.82) is 0 Å². The van der Waals surface area contributed by atoms with E-state index in [1.54, 1.807) is 0 Å². The number of rotatable bonds is 2. The molecule has 1 saturated carbocycles. The number of nitrogens with two attached hydrogens (primary N) is 1. The molecule has 3 aromatic carbocycles. The Balaban J connectivity index is 1.89. The Morgan fingerprint density at radius 2 is 1.42 bits per heavy atom. The minimum absolute atomic E-state index is 0.218. The first-order chi connectivity index (χ1) is 9.31. The highest BCUT2D eigenvalue weighted by Crippen LogP contribution is 2.40. The Kier molecular flexibility index (Phi) is 2.36. The average Bonchev–Trinajstić information content (AvgIpc) is 3.28. The molecule has 0 aromatic heterocycles. The van der Waals surface area contributed by atoms with Crippen molar-refractivity contribution in [3.8, 4) is 0 Å². The zero-order valence-electron chi connectivity index (χ0n) is 10.8. The standard InChI is InChI=1S/C18H17N/c19-18(12-5-6-12)16-8-7-15-9-13-3-1-2-4-14(13)10-17(15)11-16/h1-4,7-12,18H,5-6,19H2. The maximum Gasteiger partial charge on any atom is 0.0323 e. The second-order valence-corrected chi connectivity index (χ2v) is 5.67. The molecule has 0 aliphatic heterocycles. The molecule has 0 saturated heterocycles. The quantitative estimate of drug-likeness (QED) is 0.667. The van der Waals surface area contributed by atoms with Gasteiger partial charge >= 0.3 is 0 Å². The summed E-state index contributed by atoms with van der Waals surface area (Å²) in [6, 6.07) is 19.9. The highest BCUT2D eigenvalue weighted by atomic mass is 14.7. The summed E-state index contributed by atoms with van der Waals surface area (Å²) in [6.45, 7) is 0. The van der Waals surface area contributed by atoms with E-state index in [4.69, 9.17) is 5.73 Å². The van der Waals surface area contributed by atoms with Gasteiger partial charge in [-0.1, -0.05) is 36.4 Å². The van der Waals surface area contributed by atoms with Crippen molar-refractivity contribution in [1.82, 2.24) is 0 Å². The molecule has 1 heteroatoms. The first kappa shape index (κ1) is 11.0. The zero-order chi connectivity index (χ0) is 12.8. The van der Waals surface area contributed by atoms with Gasteiger partial charge in [0, 0.05) is 6.04 Å². The van der Waals surface area contributed by atoms with Gasteiger partial charge in [0.2, 0.25) is 0 Å². The van der Waals surface area contributed by atoms with Gasteiger partial charge in [0.25, 0.3) is 0 Å². The summed E-state index contributed by atoms with van der Waals surface area (Å²) in [7, 11) is 0. The minimum atomic E-state index is 0.218. The van der Waals surface area contributed by atoms with Crippen LogP contribution in [0, 0.1) is 5.92 Å². The molecule has 0 radical (unpaired) electrons. The fourth-order valence-corrected chi connectivity index (χ4v) is 2.89. The van der Waals surface area contributed by atoms with Gasteiger partial charge in [-0.2, -0.15) is 0 Å². The van der Waals surface area contributed by atoms with Crippen LogP contribution < -0.4 is 5.73 Å². The van der Waals surface area contributed by atoms with Gasteiger partial charge < -0.3 is 5.73 Å². The van der Waals surface area contributed by atoms with E-state index in [0.717, 1.165) is 0 Å². The lowest BCUT2D eigenvalue weighted by Gasteiger charge is -2.12. The van der Waals surface area contributed by atoms with E-state index in [1.165, 1.54) is 39.9 Å². The van der Waals surface area contributed by atoms with Crippen molar-refractivity contribution in [3.05, 3.63) is 60.2 Å². The lowest BCUT2D eigenvalue weighted by atomic mass is 9.97. The summed E-state index contributed by atoms with van der Waals surface area (Å²) in [5, 5.41) is 5.19. The predicted octanol–water partition coefficient (Wildman–Crippen LogP) is 4.40. The van der Waals surface area contributed by atoms with Crippen LogP contribution in [0.5, 0.6) is 0 Å². The van der Waals surface area contributed by atoms with Gasteiger partial charge in [0.05, 0.1) is 0 Å². The van der Waals surface area contributed by atoms with Gasteiger partial charge in [0.1, 0.15) is 0 Å². The van der Waals surface area contributed by atoms with Gasteiger partial charge in [0.15, 0.2) is 0 Å². The van der Waals surface area contributed by atoms with Crippen LogP contribution in [0.25, 0.3) is 21.5 Å². The molecule has 0 bridgehead atoms. The molecular formula is C18H17N. The monoisotopic (exact) mass is 247 g/mol. The molecule has 1 aliphatic carbocycles. The third kappa shape index (κ3) is 1.91. The molecule has 3 aromatic rings. The van der Waals surface area contributed by atoms with E-state index in [9.17, 15) is 0 Å². The van der Waals surface area contributed by atoms with Crippen molar-refractivity contribution in [2.75, 3.05) is 0 Å². The van der Waals surface area contributed by atoms with E-state index >= 15 is 0 Å². The molecule has 19 heavy (non-hydrogen) atoms. The summed E-state index contributed by atoms with van der Waals surface area (Å²) < 4.78 is 0. The van der Waals surface area contributed by atoms with Crippen molar-refractivity contribution in [2.45, 2.75) is 18.9 Å². The van der Waals surface area contributed by atoms with E-state index in [1.807, 2.05) is 0 Å². The van der Waals surface area contributed by atoms with Crippen LogP contribution in [0.4, 0.5) is 0 Å². The number of benzene rings is 3. The van der Waals surface area contributed by atoms with Crippen LogP contribution in [0.3, 0.4) is 0 Å². The van der Waals surface area contributed by atoms with Crippen molar-refractivity contribution >= 4 is 21.5 Å². The SMILES string of the molecule is NC(c1ccc2cc3ccccc3cc2c1)C1CC1. The summed E-state index contributed by atoms with van der Waals surface area (Å²) in [4.78, 5) is 0. The lowest BCUT2D eigenvalue weighted by molar-refractivity contribution is 0.634. The van der Waals surface area contributed by atoms with Gasteiger partial charge in [-0.15, -0.1) is 0 Å². The summed E-state index contributed by atoms with van der Waals surface area (Å²) in [6.07, 6.45) is 2.58. The average molecular weight is 247 g/mol. The molecule has 1 nitrogen and oxygen atoms in total. The number of fused-ring (bicyclic) bond motifs is 2. The molecular weight excluding hydrogens is 230 g/mol. The Morgan fingerprint density at radius 3 is 2.11 bits per heavy atom. The maximum atomic E-state index is 6.30. The van der Waals surface area contributed by atoms with E-state index < -0.39 is 0 Å². The molecule has 0 spiro atoms. The molecule has 2 N–H and O–H groups in total. The molecule has 1 unspecified atom stereocenters. The normalized spacial score (nSPS) is 16.9. The summed E-state index contributed by atoms with van der Waals surface area (Å²) in [5.74, 6) is 0.706. The Labute approximate surface area is 113 Å². The molecule has 4 rings (SSSR count). The van der Waals surface area contributed by atoms with Crippen LogP contribution in [-0.4, -0.2) is 0 Å². The zero-order valence-corrected chi connectivity index (χ0v) is 10.8. The molecule has 1 atom stereocenters. The topological polar surface area (TPSA) is 26.0 Å². The molecule has 94 valence electrons. The number of hydrogen-bond donors (Lipinski definition) is 1. The fraction of sp³-hybridized carbons (Fsp3) is 0.222. The highest BCUT2D eigenvalue weighted by molar-refractivity contribution is 5.98. The smallest absolute Gasteiger partial charge is 0.0323 e. The molecule has 1 aliphatic rings. The molecule has 1 fully saturated rings. The highest BCUT2D eigenvalue weighted by Gasteiger charge is 2.29. The van der Waals surface area contributed by atoms with Crippen molar-refractivity contribution in [2.24, 2.45) is 11.7 Å². The van der Waals surface area contributed by atoms with E-state index in [0.29, 0.717) is 5.92 Å². The summed E-state index contributed by atoms with van der Waals surface area (Å²) >= 11 is 0. The third-order valence-corrected chi connectivity index (χ3v) is 4.24. The Bertz CT molecular complexity index is 756. The maximum absolute atomic E-state index is 6.30. The van der Waals surface area contributed by atoms with Crippen LogP contribution in [-0.2, 0) is 0 Å². The van der Waals surface area contributed by atoms with Crippen LogP contribution in [0.2, 0.25) is 0 Å². The third-order valence-electron chi connectivity index (χ3n) is 4.24. The summed E-state index contributed by atoms with van der Waals surface area (Å²) in [5.41, 5.74) is 7.59. The molecule has 0 amide bonds. The lowest BCUT2D eigenvalue weighted by Crippen LogP contribution is -2.11. The Hall–Kier alpha value is -1.86. The van der Waals surface area contributed by atoms with Crippen LogP contribution in [0.15, 0.2) is 54.6 Å². The predicted molar refractivity (Wildman–Crippen MR) is 81.1 cm³/mol. The van der Waals surface area contributed by atoms with Gasteiger partial charge in [-0.05, 0) is 64.1 Å². The van der Waals surface area contributed by atoms with Crippen molar-refractivity contribution < 1.29 is 0 Å². The van der Waals surface area contributed by atoms with Crippen LogP contribution >= 0.6 is 0 Å². The second-order valence-electron chi connectivity index (χ2n) is 5.67. The first-order valence-corrected chi connectivity index (χ1v) is 6.99. The van der Waals surface area contributed by atoms with E-state index in [-0.39, 0.29) is 6.04 Å². The van der Waals surface area contributed by atoms with Crippen molar-refractivity contribution in [3.63, 3.8) is 0 Å². The number of hydrogen-bond acceptors (Lipinski definition) is 1. The molecule has 0 heterocycles.